The Morgan fingerprint density at radius 1 is 1.21 bits per heavy atom. The highest BCUT2D eigenvalue weighted by Crippen LogP contribution is 2.14. The minimum Gasteiger partial charge on any atom is -0.370 e. The fraction of sp³-hybridized carbons (Fsp3) is 0.667. The van der Waals surface area contributed by atoms with Crippen molar-refractivity contribution in [2.45, 2.75) is 26.8 Å². The first-order chi connectivity index (χ1) is 9.17. The topological polar surface area (TPSA) is 31.4 Å². The molecule has 108 valence electrons. The smallest absolute Gasteiger partial charge is 0.130 e. The molecule has 0 aliphatic heterocycles. The molecule has 1 heterocycles. The molecule has 0 spiro atoms. The molecule has 0 saturated carbocycles. The number of rotatable bonds is 9. The van der Waals surface area contributed by atoms with Crippen LogP contribution in [0.15, 0.2) is 18.3 Å². The number of anilines is 1. The van der Waals surface area contributed by atoms with E-state index >= 15 is 0 Å². The van der Waals surface area contributed by atoms with Gasteiger partial charge in [-0.15, -0.1) is 0 Å². The second kappa shape index (κ2) is 8.88. The Kier molecular flexibility index (Phi) is 7.45. The van der Waals surface area contributed by atoms with Gasteiger partial charge in [-0.2, -0.15) is 0 Å². The van der Waals surface area contributed by atoms with Crippen molar-refractivity contribution in [2.75, 3.05) is 45.6 Å². The summed E-state index contributed by atoms with van der Waals surface area (Å²) in [6.07, 6.45) is 3.06. The predicted molar refractivity (Wildman–Crippen MR) is 82.5 cm³/mol. The van der Waals surface area contributed by atoms with Crippen molar-refractivity contribution >= 4 is 5.82 Å². The van der Waals surface area contributed by atoms with Crippen LogP contribution in [0.2, 0.25) is 0 Å². The van der Waals surface area contributed by atoms with E-state index in [4.69, 9.17) is 0 Å². The highest BCUT2D eigenvalue weighted by molar-refractivity contribution is 5.43. The lowest BCUT2D eigenvalue weighted by Crippen LogP contribution is -2.27. The summed E-state index contributed by atoms with van der Waals surface area (Å²) in [4.78, 5) is 9.13. The summed E-state index contributed by atoms with van der Waals surface area (Å²) in [6, 6.07) is 4.18. The minimum atomic E-state index is 0.913. The van der Waals surface area contributed by atoms with Crippen molar-refractivity contribution in [1.82, 2.24) is 14.8 Å². The van der Waals surface area contributed by atoms with Crippen LogP contribution in [-0.4, -0.2) is 55.1 Å². The van der Waals surface area contributed by atoms with Crippen molar-refractivity contribution in [2.24, 2.45) is 0 Å². The van der Waals surface area contributed by atoms with E-state index in [0.29, 0.717) is 0 Å². The Morgan fingerprint density at radius 3 is 2.63 bits per heavy atom. The van der Waals surface area contributed by atoms with Gasteiger partial charge >= 0.3 is 0 Å². The van der Waals surface area contributed by atoms with Gasteiger partial charge in [-0.25, -0.2) is 4.98 Å². The van der Waals surface area contributed by atoms with E-state index in [1.54, 1.807) is 0 Å². The maximum Gasteiger partial charge on any atom is 0.130 e. The third-order valence-corrected chi connectivity index (χ3v) is 3.16. The summed E-state index contributed by atoms with van der Waals surface area (Å²) in [5.74, 6) is 1.02. The van der Waals surface area contributed by atoms with Crippen molar-refractivity contribution in [3.8, 4) is 0 Å². The van der Waals surface area contributed by atoms with Crippen LogP contribution in [0.5, 0.6) is 0 Å². The number of nitrogens with zero attached hydrogens (tertiary/aromatic N) is 3. The molecule has 0 unspecified atom stereocenters. The highest BCUT2D eigenvalue weighted by Gasteiger charge is 2.08. The Bertz CT molecular complexity index is 352. The third-order valence-electron chi connectivity index (χ3n) is 3.16. The largest absolute Gasteiger partial charge is 0.370 e. The average molecular weight is 264 g/mol. The van der Waals surface area contributed by atoms with Gasteiger partial charge in [-0.1, -0.05) is 13.0 Å². The first kappa shape index (κ1) is 15.9. The number of aromatic nitrogens is 1. The number of pyridine rings is 1. The maximum atomic E-state index is 4.42. The minimum absolute atomic E-state index is 0.913. The zero-order chi connectivity index (χ0) is 14.1. The van der Waals surface area contributed by atoms with Gasteiger partial charge in [0.05, 0.1) is 0 Å². The van der Waals surface area contributed by atoms with Gasteiger partial charge in [0.25, 0.3) is 0 Å². The van der Waals surface area contributed by atoms with Crippen molar-refractivity contribution < 1.29 is 0 Å². The summed E-state index contributed by atoms with van der Waals surface area (Å²) in [6.45, 7) is 9.57. The van der Waals surface area contributed by atoms with Crippen LogP contribution in [-0.2, 0) is 6.54 Å². The molecule has 0 radical (unpaired) electrons. The summed E-state index contributed by atoms with van der Waals surface area (Å²) in [5, 5.41) is 3.33. The lowest BCUT2D eigenvalue weighted by Gasteiger charge is -2.22. The normalized spacial score (nSPS) is 11.3. The molecule has 0 saturated heterocycles. The van der Waals surface area contributed by atoms with Gasteiger partial charge in [0, 0.05) is 24.8 Å². The molecule has 0 aliphatic rings. The fourth-order valence-corrected chi connectivity index (χ4v) is 2.09. The zero-order valence-electron chi connectivity index (χ0n) is 12.8. The molecule has 0 aliphatic carbocycles. The van der Waals surface area contributed by atoms with Crippen LogP contribution in [0, 0.1) is 0 Å². The Balaban J connectivity index is 2.54. The fourth-order valence-electron chi connectivity index (χ4n) is 2.09. The lowest BCUT2D eigenvalue weighted by atomic mass is 10.2. The Labute approximate surface area is 117 Å². The van der Waals surface area contributed by atoms with Crippen LogP contribution in [0.3, 0.4) is 0 Å². The molecule has 19 heavy (non-hydrogen) atoms. The molecule has 0 fully saturated rings. The van der Waals surface area contributed by atoms with Crippen LogP contribution in [0.4, 0.5) is 5.82 Å². The van der Waals surface area contributed by atoms with Crippen molar-refractivity contribution in [3.05, 3.63) is 23.9 Å². The molecule has 0 amide bonds. The predicted octanol–water partition coefficient (Wildman–Crippen LogP) is 2.29. The van der Waals surface area contributed by atoms with Gasteiger partial charge in [0.2, 0.25) is 0 Å². The van der Waals surface area contributed by atoms with E-state index in [1.165, 1.54) is 12.0 Å². The van der Waals surface area contributed by atoms with E-state index in [-0.39, 0.29) is 0 Å². The molecule has 1 rings (SSSR count). The number of hydrogen-bond acceptors (Lipinski definition) is 4. The van der Waals surface area contributed by atoms with E-state index in [9.17, 15) is 0 Å². The first-order valence-corrected chi connectivity index (χ1v) is 7.22. The van der Waals surface area contributed by atoms with Gasteiger partial charge < -0.3 is 10.2 Å². The van der Waals surface area contributed by atoms with E-state index in [0.717, 1.165) is 38.5 Å². The molecule has 4 nitrogen and oxygen atoms in total. The van der Waals surface area contributed by atoms with Crippen LogP contribution in [0.1, 0.15) is 25.8 Å². The van der Waals surface area contributed by atoms with Gasteiger partial charge in [0.1, 0.15) is 5.82 Å². The average Bonchev–Trinajstić information content (AvgIpc) is 2.39. The number of hydrogen-bond donors (Lipinski definition) is 1. The van der Waals surface area contributed by atoms with Gasteiger partial charge in [0.15, 0.2) is 0 Å². The number of nitrogens with one attached hydrogen (secondary N) is 1. The SMILES string of the molecule is CCNc1ncccc1CN(CC)CCCN(C)C. The quantitative estimate of drug-likeness (QED) is 0.741. The summed E-state index contributed by atoms with van der Waals surface area (Å²) < 4.78 is 0. The zero-order valence-corrected chi connectivity index (χ0v) is 12.8. The standard InChI is InChI=1S/C15H28N4/c1-5-16-15-14(9-7-10-17-15)13-19(6-2)12-8-11-18(3)4/h7,9-10H,5-6,8,11-13H2,1-4H3,(H,16,17). The van der Waals surface area contributed by atoms with Crippen molar-refractivity contribution in [1.29, 1.82) is 0 Å². The molecule has 1 N–H and O–H groups in total. The Hall–Kier alpha value is -1.13. The second-order valence-corrected chi connectivity index (χ2v) is 5.07. The van der Waals surface area contributed by atoms with Crippen LogP contribution < -0.4 is 5.32 Å². The van der Waals surface area contributed by atoms with E-state index < -0.39 is 0 Å². The molecular formula is C15H28N4. The molecule has 0 atom stereocenters. The molecule has 0 aromatic carbocycles. The van der Waals surface area contributed by atoms with Crippen molar-refractivity contribution in [3.63, 3.8) is 0 Å². The molecular weight excluding hydrogens is 236 g/mol. The van der Waals surface area contributed by atoms with Gasteiger partial charge in [-0.3, -0.25) is 4.90 Å². The second-order valence-electron chi connectivity index (χ2n) is 5.07. The van der Waals surface area contributed by atoms with Gasteiger partial charge in [-0.05, 0) is 53.1 Å². The molecule has 1 aromatic heterocycles. The summed E-state index contributed by atoms with van der Waals surface area (Å²) in [5.41, 5.74) is 1.29. The summed E-state index contributed by atoms with van der Waals surface area (Å²) in [7, 11) is 4.25. The molecule has 0 bridgehead atoms. The van der Waals surface area contributed by atoms with E-state index in [2.05, 4.69) is 54.1 Å². The first-order valence-electron chi connectivity index (χ1n) is 7.22. The lowest BCUT2D eigenvalue weighted by molar-refractivity contribution is 0.259. The molecule has 4 heteroatoms. The van der Waals surface area contributed by atoms with Crippen LogP contribution in [0.25, 0.3) is 0 Å². The summed E-state index contributed by atoms with van der Waals surface area (Å²) >= 11 is 0. The molecule has 1 aromatic rings. The van der Waals surface area contributed by atoms with E-state index in [1.807, 2.05) is 12.3 Å². The Morgan fingerprint density at radius 2 is 2.00 bits per heavy atom. The highest BCUT2D eigenvalue weighted by atomic mass is 15.1. The monoisotopic (exact) mass is 264 g/mol. The van der Waals surface area contributed by atoms with Crippen LogP contribution >= 0.6 is 0 Å². The third kappa shape index (κ3) is 6.03. The maximum absolute atomic E-state index is 4.42.